The minimum absolute atomic E-state index is 0.194. The number of hydrogen-bond acceptors (Lipinski definition) is 4. The van der Waals surface area contributed by atoms with Crippen LogP contribution in [0.15, 0.2) is 12.5 Å². The molecular weight excluding hydrogens is 254 g/mol. The molecule has 1 aromatic heterocycles. The maximum Gasteiger partial charge on any atom is 0.339 e. The molecule has 1 saturated carbocycles. The summed E-state index contributed by atoms with van der Waals surface area (Å²) in [6.07, 6.45) is 10.3. The number of hydrogen-bond donors (Lipinski definition) is 2. The Kier molecular flexibility index (Phi) is 5.47. The van der Waals surface area contributed by atoms with Crippen LogP contribution in [0.3, 0.4) is 0 Å². The molecule has 0 bridgehead atoms. The van der Waals surface area contributed by atoms with Crippen molar-refractivity contribution in [2.45, 2.75) is 58.0 Å². The topological polar surface area (TPSA) is 75.1 Å². The molecule has 0 saturated heterocycles. The van der Waals surface area contributed by atoms with Gasteiger partial charge in [-0.05, 0) is 31.6 Å². The molecule has 1 heterocycles. The fraction of sp³-hybridized carbons (Fsp3) is 0.667. The van der Waals surface area contributed by atoms with Crippen LogP contribution in [-0.4, -0.2) is 27.1 Å². The number of carboxylic acid groups (broad SMARTS) is 1. The van der Waals surface area contributed by atoms with Gasteiger partial charge in [0.05, 0.1) is 5.69 Å². The predicted molar refractivity (Wildman–Crippen MR) is 76.5 cm³/mol. The molecular formula is C15H23N3O2. The van der Waals surface area contributed by atoms with E-state index >= 15 is 0 Å². The number of rotatable bonds is 6. The second-order valence-corrected chi connectivity index (χ2v) is 5.58. The SMILES string of the molecule is CCCC1CCC(NCc2ncncc2C(=O)O)CC1. The molecule has 1 aromatic rings. The molecule has 0 radical (unpaired) electrons. The highest BCUT2D eigenvalue weighted by molar-refractivity contribution is 5.88. The third-order valence-corrected chi connectivity index (χ3v) is 4.13. The molecule has 110 valence electrons. The first-order valence-corrected chi connectivity index (χ1v) is 7.46. The fourth-order valence-electron chi connectivity index (χ4n) is 2.98. The average molecular weight is 277 g/mol. The Morgan fingerprint density at radius 1 is 1.40 bits per heavy atom. The lowest BCUT2D eigenvalue weighted by Crippen LogP contribution is -2.33. The van der Waals surface area contributed by atoms with Gasteiger partial charge in [0.15, 0.2) is 0 Å². The van der Waals surface area contributed by atoms with Crippen LogP contribution in [-0.2, 0) is 6.54 Å². The van der Waals surface area contributed by atoms with Crippen molar-refractivity contribution in [1.29, 1.82) is 0 Å². The number of nitrogens with one attached hydrogen (secondary N) is 1. The highest BCUT2D eigenvalue weighted by Gasteiger charge is 2.21. The van der Waals surface area contributed by atoms with Crippen LogP contribution in [0.4, 0.5) is 0 Å². The predicted octanol–water partition coefficient (Wildman–Crippen LogP) is 2.62. The van der Waals surface area contributed by atoms with Crippen LogP contribution in [0.1, 0.15) is 61.5 Å². The molecule has 0 unspecified atom stereocenters. The summed E-state index contributed by atoms with van der Waals surface area (Å²) in [5, 5.41) is 12.5. The second kappa shape index (κ2) is 7.33. The van der Waals surface area contributed by atoms with Crippen LogP contribution in [0.5, 0.6) is 0 Å². The van der Waals surface area contributed by atoms with Crippen molar-refractivity contribution < 1.29 is 9.90 Å². The summed E-state index contributed by atoms with van der Waals surface area (Å²) in [6, 6.07) is 0.486. The van der Waals surface area contributed by atoms with Crippen LogP contribution in [0.2, 0.25) is 0 Å². The van der Waals surface area contributed by atoms with Gasteiger partial charge in [0.1, 0.15) is 11.9 Å². The van der Waals surface area contributed by atoms with Gasteiger partial charge in [-0.2, -0.15) is 0 Å². The van der Waals surface area contributed by atoms with Gasteiger partial charge in [0.25, 0.3) is 0 Å². The summed E-state index contributed by atoms with van der Waals surface area (Å²) in [7, 11) is 0. The van der Waals surface area contributed by atoms with E-state index in [4.69, 9.17) is 5.11 Å². The highest BCUT2D eigenvalue weighted by atomic mass is 16.4. The van der Waals surface area contributed by atoms with E-state index in [0.29, 0.717) is 18.3 Å². The van der Waals surface area contributed by atoms with Gasteiger partial charge >= 0.3 is 5.97 Å². The molecule has 5 nitrogen and oxygen atoms in total. The summed E-state index contributed by atoms with van der Waals surface area (Å²) in [5.41, 5.74) is 0.767. The van der Waals surface area contributed by atoms with Crippen molar-refractivity contribution in [2.75, 3.05) is 0 Å². The first kappa shape index (κ1) is 14.9. The Balaban J connectivity index is 1.83. The van der Waals surface area contributed by atoms with Crippen LogP contribution in [0.25, 0.3) is 0 Å². The van der Waals surface area contributed by atoms with E-state index in [1.807, 2.05) is 0 Å². The van der Waals surface area contributed by atoms with Crippen molar-refractivity contribution in [2.24, 2.45) is 5.92 Å². The molecule has 0 amide bonds. The van der Waals surface area contributed by atoms with E-state index in [9.17, 15) is 4.79 Å². The van der Waals surface area contributed by atoms with Crippen molar-refractivity contribution in [3.8, 4) is 0 Å². The minimum atomic E-state index is -0.964. The molecule has 2 rings (SSSR count). The first-order valence-electron chi connectivity index (χ1n) is 7.46. The number of nitrogens with zero attached hydrogens (tertiary/aromatic N) is 2. The molecule has 1 aliphatic rings. The van der Waals surface area contributed by atoms with Gasteiger partial charge in [-0.1, -0.05) is 19.8 Å². The summed E-state index contributed by atoms with van der Waals surface area (Å²) in [6.45, 7) is 2.75. The van der Waals surface area contributed by atoms with Gasteiger partial charge in [-0.15, -0.1) is 0 Å². The third kappa shape index (κ3) is 4.00. The van der Waals surface area contributed by atoms with Crippen molar-refractivity contribution in [3.63, 3.8) is 0 Å². The van der Waals surface area contributed by atoms with Crippen LogP contribution < -0.4 is 5.32 Å². The largest absolute Gasteiger partial charge is 0.478 e. The molecule has 0 spiro atoms. The fourth-order valence-corrected chi connectivity index (χ4v) is 2.98. The van der Waals surface area contributed by atoms with Gasteiger partial charge in [-0.3, -0.25) is 0 Å². The lowest BCUT2D eigenvalue weighted by Gasteiger charge is -2.29. The quantitative estimate of drug-likeness (QED) is 0.836. The summed E-state index contributed by atoms with van der Waals surface area (Å²) in [5.74, 6) is -0.0827. The zero-order valence-corrected chi connectivity index (χ0v) is 12.0. The zero-order valence-electron chi connectivity index (χ0n) is 12.0. The zero-order chi connectivity index (χ0) is 14.4. The molecule has 1 fully saturated rings. The van der Waals surface area contributed by atoms with Gasteiger partial charge < -0.3 is 10.4 Å². The molecule has 1 aliphatic carbocycles. The molecule has 2 N–H and O–H groups in total. The Morgan fingerprint density at radius 2 is 2.15 bits per heavy atom. The maximum atomic E-state index is 11.1. The Morgan fingerprint density at radius 3 is 2.80 bits per heavy atom. The lowest BCUT2D eigenvalue weighted by atomic mass is 9.83. The Labute approximate surface area is 119 Å². The molecule has 0 aromatic carbocycles. The number of aromatic nitrogens is 2. The van der Waals surface area contributed by atoms with Crippen LogP contribution >= 0.6 is 0 Å². The lowest BCUT2D eigenvalue weighted by molar-refractivity contribution is 0.0694. The number of carbonyl (C=O) groups is 1. The molecule has 0 aliphatic heterocycles. The van der Waals surface area contributed by atoms with Gasteiger partial charge in [0, 0.05) is 18.8 Å². The monoisotopic (exact) mass is 277 g/mol. The normalized spacial score (nSPS) is 22.6. The van der Waals surface area contributed by atoms with E-state index in [1.165, 1.54) is 51.0 Å². The first-order chi connectivity index (χ1) is 9.70. The van der Waals surface area contributed by atoms with Gasteiger partial charge in [0.2, 0.25) is 0 Å². The van der Waals surface area contributed by atoms with E-state index in [2.05, 4.69) is 22.2 Å². The van der Waals surface area contributed by atoms with E-state index in [0.717, 1.165) is 5.92 Å². The van der Waals surface area contributed by atoms with Crippen molar-refractivity contribution >= 4 is 5.97 Å². The number of aromatic carboxylic acids is 1. The van der Waals surface area contributed by atoms with Crippen molar-refractivity contribution in [1.82, 2.24) is 15.3 Å². The molecule has 20 heavy (non-hydrogen) atoms. The third-order valence-electron chi connectivity index (χ3n) is 4.13. The highest BCUT2D eigenvalue weighted by Crippen LogP contribution is 2.27. The Hall–Kier alpha value is -1.49. The second-order valence-electron chi connectivity index (χ2n) is 5.58. The summed E-state index contributed by atoms with van der Waals surface area (Å²) < 4.78 is 0. The standard InChI is InChI=1S/C15H23N3O2/c1-2-3-11-4-6-12(7-5-11)17-9-14-13(15(19)20)8-16-10-18-14/h8,10-12,17H,2-7,9H2,1H3,(H,19,20). The molecule has 5 heteroatoms. The average Bonchev–Trinajstić information content (AvgIpc) is 2.47. The summed E-state index contributed by atoms with van der Waals surface area (Å²) in [4.78, 5) is 18.9. The van der Waals surface area contributed by atoms with Gasteiger partial charge in [-0.25, -0.2) is 14.8 Å². The maximum absolute atomic E-state index is 11.1. The molecule has 0 atom stereocenters. The minimum Gasteiger partial charge on any atom is -0.478 e. The van der Waals surface area contributed by atoms with E-state index in [-0.39, 0.29) is 5.56 Å². The van der Waals surface area contributed by atoms with E-state index in [1.54, 1.807) is 0 Å². The van der Waals surface area contributed by atoms with Crippen molar-refractivity contribution in [3.05, 3.63) is 23.8 Å². The summed E-state index contributed by atoms with van der Waals surface area (Å²) >= 11 is 0. The Bertz CT molecular complexity index is 442. The smallest absolute Gasteiger partial charge is 0.339 e. The van der Waals surface area contributed by atoms with Crippen LogP contribution in [0, 0.1) is 5.92 Å². The van der Waals surface area contributed by atoms with E-state index < -0.39 is 5.97 Å². The number of carboxylic acids is 1.